The predicted octanol–water partition coefficient (Wildman–Crippen LogP) is 9.19. The molecule has 0 aromatic carbocycles. The smallest absolute Gasteiger partial charge is 0.305 e. The van der Waals surface area contributed by atoms with Gasteiger partial charge in [-0.2, -0.15) is 0 Å². The van der Waals surface area contributed by atoms with Crippen LogP contribution in [0.4, 0.5) is 0 Å². The minimum atomic E-state index is -1.06. The topological polar surface area (TPSA) is 93.1 Å². The van der Waals surface area contributed by atoms with Gasteiger partial charge >= 0.3 is 11.9 Å². The van der Waals surface area contributed by atoms with Crippen molar-refractivity contribution >= 4 is 11.9 Å². The highest BCUT2D eigenvalue weighted by Gasteiger charge is 2.13. The average molecular weight is 615 g/mol. The number of rotatable bonds is 29. The van der Waals surface area contributed by atoms with Crippen molar-refractivity contribution in [1.29, 1.82) is 0 Å². The highest BCUT2D eigenvalue weighted by atomic mass is 16.6. The number of carbonyl (C=O) groups is 2. The number of ether oxygens (including phenoxy) is 2. The lowest BCUT2D eigenvalue weighted by Crippen LogP contribution is -2.25. The van der Waals surface area contributed by atoms with Crippen LogP contribution in [-0.4, -0.2) is 47.6 Å². The maximum absolute atomic E-state index is 11.9. The molecule has 2 N–H and O–H groups in total. The molecule has 0 bridgehead atoms. The molecule has 0 aromatic heterocycles. The van der Waals surface area contributed by atoms with Gasteiger partial charge in [0.2, 0.25) is 0 Å². The van der Waals surface area contributed by atoms with Crippen molar-refractivity contribution in [1.82, 2.24) is 0 Å². The molecule has 0 fully saturated rings. The SMILES string of the molecule is CC/C=C\C/C=C\C/C=C\C/C=C\C/C=C\C=C/C(O)CCC(=O)OC[C@@H](O)COC(=O)CCCCCCCCCCCC. The van der Waals surface area contributed by atoms with E-state index in [2.05, 4.69) is 62.5 Å². The first-order chi connectivity index (χ1) is 21.5. The van der Waals surface area contributed by atoms with Gasteiger partial charge in [-0.1, -0.05) is 145 Å². The Kier molecular flexibility index (Phi) is 31.2. The quantitative estimate of drug-likeness (QED) is 0.0378. The molecule has 0 radical (unpaired) electrons. The zero-order chi connectivity index (χ0) is 32.4. The molecule has 0 saturated heterocycles. The molecule has 6 heteroatoms. The van der Waals surface area contributed by atoms with Crippen molar-refractivity contribution in [3.8, 4) is 0 Å². The van der Waals surface area contributed by atoms with Gasteiger partial charge in [0.25, 0.3) is 0 Å². The highest BCUT2D eigenvalue weighted by Crippen LogP contribution is 2.11. The fourth-order valence-corrected chi connectivity index (χ4v) is 4.19. The number of unbranched alkanes of at least 4 members (excludes halogenated alkanes) is 9. The summed E-state index contributed by atoms with van der Waals surface area (Å²) in [6.07, 6.45) is 40.0. The molecule has 2 atom stereocenters. The average Bonchev–Trinajstić information content (AvgIpc) is 3.02. The molecule has 0 saturated carbocycles. The van der Waals surface area contributed by atoms with Crippen LogP contribution in [-0.2, 0) is 19.1 Å². The fraction of sp³-hybridized carbons (Fsp3) is 0.632. The summed E-state index contributed by atoms with van der Waals surface area (Å²) in [6.45, 7) is 3.93. The zero-order valence-electron chi connectivity index (χ0n) is 27.8. The van der Waals surface area contributed by atoms with E-state index in [9.17, 15) is 19.8 Å². The molecule has 6 nitrogen and oxygen atoms in total. The molecule has 0 aromatic rings. The first-order valence-corrected chi connectivity index (χ1v) is 17.1. The number of allylic oxidation sites excluding steroid dienone is 11. The molecule has 44 heavy (non-hydrogen) atoms. The molecule has 0 aliphatic rings. The molecular formula is C38H62O6. The Bertz CT molecular complexity index is 851. The third kappa shape index (κ3) is 32.2. The largest absolute Gasteiger partial charge is 0.463 e. The molecular weight excluding hydrogens is 552 g/mol. The van der Waals surface area contributed by atoms with Gasteiger partial charge < -0.3 is 19.7 Å². The van der Waals surface area contributed by atoms with Gasteiger partial charge in [-0.3, -0.25) is 9.59 Å². The highest BCUT2D eigenvalue weighted by molar-refractivity contribution is 5.69. The third-order valence-corrected chi connectivity index (χ3v) is 6.82. The lowest BCUT2D eigenvalue weighted by Gasteiger charge is -2.12. The van der Waals surface area contributed by atoms with E-state index in [0.717, 1.165) is 51.4 Å². The molecule has 0 rings (SSSR count). The Balaban J connectivity index is 3.76. The van der Waals surface area contributed by atoms with Crippen molar-refractivity contribution in [2.24, 2.45) is 0 Å². The second kappa shape index (κ2) is 33.2. The van der Waals surface area contributed by atoms with E-state index in [-0.39, 0.29) is 32.0 Å². The third-order valence-electron chi connectivity index (χ3n) is 6.82. The molecule has 0 spiro atoms. The Labute approximate surface area is 268 Å². The number of hydrogen-bond acceptors (Lipinski definition) is 6. The van der Waals surface area contributed by atoms with E-state index in [4.69, 9.17) is 9.47 Å². The van der Waals surface area contributed by atoms with Crippen LogP contribution in [0.2, 0.25) is 0 Å². The second-order valence-corrected chi connectivity index (χ2v) is 11.1. The lowest BCUT2D eigenvalue weighted by atomic mass is 10.1. The molecule has 0 amide bonds. The summed E-state index contributed by atoms with van der Waals surface area (Å²) in [4.78, 5) is 23.8. The van der Waals surface area contributed by atoms with Crippen molar-refractivity contribution in [2.45, 2.75) is 142 Å². The van der Waals surface area contributed by atoms with Crippen molar-refractivity contribution in [3.05, 3.63) is 72.9 Å². The summed E-state index contributed by atoms with van der Waals surface area (Å²) >= 11 is 0. The van der Waals surface area contributed by atoms with Crippen LogP contribution in [0.1, 0.15) is 129 Å². The van der Waals surface area contributed by atoms with Crippen molar-refractivity contribution in [2.75, 3.05) is 13.2 Å². The Hall–Kier alpha value is -2.70. The van der Waals surface area contributed by atoms with E-state index < -0.39 is 18.2 Å². The summed E-state index contributed by atoms with van der Waals surface area (Å²) in [5, 5.41) is 20.0. The van der Waals surface area contributed by atoms with Crippen LogP contribution >= 0.6 is 0 Å². The molecule has 0 heterocycles. The van der Waals surface area contributed by atoms with Crippen LogP contribution < -0.4 is 0 Å². The normalized spacial score (nSPS) is 13.8. The van der Waals surface area contributed by atoms with Crippen LogP contribution in [0, 0.1) is 0 Å². The van der Waals surface area contributed by atoms with Crippen LogP contribution in [0.15, 0.2) is 72.9 Å². The Morgan fingerprint density at radius 1 is 0.568 bits per heavy atom. The van der Waals surface area contributed by atoms with E-state index in [1.165, 1.54) is 44.9 Å². The van der Waals surface area contributed by atoms with Gasteiger partial charge in [-0.25, -0.2) is 0 Å². The number of aliphatic hydroxyl groups is 2. The predicted molar refractivity (Wildman–Crippen MR) is 183 cm³/mol. The summed E-state index contributed by atoms with van der Waals surface area (Å²) < 4.78 is 10.1. The number of carbonyl (C=O) groups excluding carboxylic acids is 2. The lowest BCUT2D eigenvalue weighted by molar-refractivity contribution is -0.152. The number of aliphatic hydroxyl groups excluding tert-OH is 2. The van der Waals surface area contributed by atoms with Gasteiger partial charge in [-0.05, 0) is 44.9 Å². The van der Waals surface area contributed by atoms with Crippen LogP contribution in [0.5, 0.6) is 0 Å². The van der Waals surface area contributed by atoms with Gasteiger partial charge in [-0.15, -0.1) is 0 Å². The molecule has 0 aliphatic carbocycles. The summed E-state index contributed by atoms with van der Waals surface area (Å²) in [6, 6.07) is 0. The van der Waals surface area contributed by atoms with Crippen LogP contribution in [0.25, 0.3) is 0 Å². The maximum atomic E-state index is 11.9. The molecule has 0 aliphatic heterocycles. The summed E-state index contributed by atoms with van der Waals surface area (Å²) in [7, 11) is 0. The van der Waals surface area contributed by atoms with E-state index in [0.29, 0.717) is 6.42 Å². The Morgan fingerprint density at radius 3 is 1.55 bits per heavy atom. The minimum absolute atomic E-state index is 0.0302. The van der Waals surface area contributed by atoms with Gasteiger partial charge in [0.15, 0.2) is 0 Å². The second-order valence-electron chi connectivity index (χ2n) is 11.1. The van der Waals surface area contributed by atoms with Crippen LogP contribution in [0.3, 0.4) is 0 Å². The maximum Gasteiger partial charge on any atom is 0.305 e. The first-order valence-electron chi connectivity index (χ1n) is 17.1. The Morgan fingerprint density at radius 2 is 1.02 bits per heavy atom. The summed E-state index contributed by atoms with van der Waals surface area (Å²) in [5.74, 6) is -0.847. The minimum Gasteiger partial charge on any atom is -0.463 e. The van der Waals surface area contributed by atoms with E-state index in [1.54, 1.807) is 12.2 Å². The number of esters is 2. The van der Waals surface area contributed by atoms with Gasteiger partial charge in [0.1, 0.15) is 19.3 Å². The zero-order valence-corrected chi connectivity index (χ0v) is 27.8. The van der Waals surface area contributed by atoms with E-state index in [1.807, 2.05) is 12.2 Å². The first kappa shape index (κ1) is 41.3. The van der Waals surface area contributed by atoms with Crippen molar-refractivity contribution < 1.29 is 29.3 Å². The van der Waals surface area contributed by atoms with Crippen molar-refractivity contribution in [3.63, 3.8) is 0 Å². The molecule has 250 valence electrons. The van der Waals surface area contributed by atoms with E-state index >= 15 is 0 Å². The molecule has 1 unspecified atom stereocenters. The number of hydrogen-bond donors (Lipinski definition) is 2. The van der Waals surface area contributed by atoms with Gasteiger partial charge in [0.05, 0.1) is 6.10 Å². The standard InChI is InChI=1S/C38H62O6/c1-3-5-7-9-11-13-15-16-17-18-19-20-21-23-25-27-29-35(39)31-32-38(42)44-34-36(40)33-43-37(41)30-28-26-24-22-14-12-10-8-6-4-2/h5,7,11,13,16-17,19-20,23,25,27,29,35-36,39-40H,3-4,6,8-10,12,14-15,18,21-22,24,26,28,30-34H2,1-2H3/b7-5-,13-11-,17-16-,20-19-,25-23-,29-27-/t35?,36-/m0/s1. The fourth-order valence-electron chi connectivity index (χ4n) is 4.19. The van der Waals surface area contributed by atoms with Gasteiger partial charge in [0, 0.05) is 12.8 Å². The summed E-state index contributed by atoms with van der Waals surface area (Å²) in [5.41, 5.74) is 0. The monoisotopic (exact) mass is 614 g/mol.